The minimum atomic E-state index is -4.46. The number of anilines is 2. The van der Waals surface area contributed by atoms with Gasteiger partial charge in [0.15, 0.2) is 0 Å². The maximum atomic E-state index is 13.0. The molecule has 3 N–H and O–H groups in total. The first-order valence-corrected chi connectivity index (χ1v) is 11.7. The number of aliphatic hydroxyl groups is 1. The van der Waals surface area contributed by atoms with E-state index in [1.807, 2.05) is 6.92 Å². The highest BCUT2D eigenvalue weighted by Crippen LogP contribution is 2.32. The van der Waals surface area contributed by atoms with Crippen LogP contribution in [0.1, 0.15) is 29.2 Å². The molecule has 3 aromatic rings. The number of aliphatic hydroxyl groups excluding tert-OH is 1. The maximum absolute atomic E-state index is 13.0. The predicted octanol–water partition coefficient (Wildman–Crippen LogP) is 4.98. The lowest BCUT2D eigenvalue weighted by atomic mass is 9.97. The van der Waals surface area contributed by atoms with Crippen molar-refractivity contribution in [3.63, 3.8) is 0 Å². The number of rotatable bonds is 7. The summed E-state index contributed by atoms with van der Waals surface area (Å²) in [6, 6.07) is 13.1. The second-order valence-corrected chi connectivity index (χ2v) is 8.36. The topological polar surface area (TPSA) is 101 Å². The van der Waals surface area contributed by atoms with Gasteiger partial charge in [-0.25, -0.2) is 4.98 Å². The predicted molar refractivity (Wildman–Crippen MR) is 136 cm³/mol. The molecule has 1 aliphatic heterocycles. The van der Waals surface area contributed by atoms with Gasteiger partial charge in [-0.15, -0.1) is 0 Å². The lowest BCUT2D eigenvalue weighted by Crippen LogP contribution is -2.34. The minimum absolute atomic E-state index is 0.0596. The van der Waals surface area contributed by atoms with Crippen molar-refractivity contribution in [3.8, 4) is 5.88 Å². The van der Waals surface area contributed by atoms with Gasteiger partial charge in [-0.3, -0.25) is 9.59 Å². The number of nitrogens with zero attached hydrogens (tertiary/aromatic N) is 1. The fourth-order valence-corrected chi connectivity index (χ4v) is 3.92. The monoisotopic (exact) mass is 523 g/mol. The molecule has 38 heavy (non-hydrogen) atoms. The van der Waals surface area contributed by atoms with Gasteiger partial charge in [0, 0.05) is 47.3 Å². The third-order valence-corrected chi connectivity index (χ3v) is 5.77. The Morgan fingerprint density at radius 1 is 1.16 bits per heavy atom. The van der Waals surface area contributed by atoms with Crippen LogP contribution in [-0.4, -0.2) is 34.6 Å². The molecule has 0 fully saturated rings. The summed E-state index contributed by atoms with van der Waals surface area (Å²) in [5.41, 5.74) is 2.43. The molecule has 0 bridgehead atoms. The molecule has 0 spiro atoms. The van der Waals surface area contributed by atoms with E-state index in [9.17, 15) is 27.9 Å². The first-order chi connectivity index (χ1) is 18.2. The normalized spacial score (nSPS) is 15.7. The lowest BCUT2D eigenvalue weighted by Gasteiger charge is -2.23. The van der Waals surface area contributed by atoms with Crippen molar-refractivity contribution in [1.29, 1.82) is 0 Å². The third-order valence-electron chi connectivity index (χ3n) is 5.77. The largest absolute Gasteiger partial charge is 0.478 e. The summed E-state index contributed by atoms with van der Waals surface area (Å²) in [6.45, 7) is 2.25. The van der Waals surface area contributed by atoms with Crippen LogP contribution in [-0.2, 0) is 22.2 Å². The van der Waals surface area contributed by atoms with Crippen LogP contribution in [0.3, 0.4) is 0 Å². The summed E-state index contributed by atoms with van der Waals surface area (Å²) in [4.78, 5) is 28.6. The molecular formula is C28H24F3N3O4. The number of ether oxygens (including phenoxy) is 1. The Labute approximate surface area is 216 Å². The molecule has 7 nitrogen and oxygen atoms in total. The van der Waals surface area contributed by atoms with Crippen LogP contribution in [0.5, 0.6) is 5.88 Å². The number of hydrogen-bond acceptors (Lipinski definition) is 5. The third kappa shape index (κ3) is 6.27. The first kappa shape index (κ1) is 26.6. The van der Waals surface area contributed by atoms with Crippen molar-refractivity contribution >= 4 is 28.8 Å². The minimum Gasteiger partial charge on any atom is -0.478 e. The van der Waals surface area contributed by atoms with Crippen LogP contribution in [0, 0.1) is 0 Å². The highest BCUT2D eigenvalue weighted by Gasteiger charge is 2.30. The lowest BCUT2D eigenvalue weighted by molar-refractivity contribution is -0.137. The van der Waals surface area contributed by atoms with Crippen molar-refractivity contribution in [1.82, 2.24) is 4.98 Å². The number of halogens is 3. The van der Waals surface area contributed by atoms with E-state index in [2.05, 4.69) is 15.6 Å². The smallest absolute Gasteiger partial charge is 0.416 e. The number of fused-ring (bicyclic) bond motifs is 1. The Bertz CT molecular complexity index is 1380. The van der Waals surface area contributed by atoms with Crippen molar-refractivity contribution in [3.05, 3.63) is 101 Å². The van der Waals surface area contributed by atoms with Gasteiger partial charge in [0.1, 0.15) is 6.10 Å². The van der Waals surface area contributed by atoms with Crippen LogP contribution in [0.15, 0.2) is 79.0 Å². The van der Waals surface area contributed by atoms with Crippen LogP contribution >= 0.6 is 0 Å². The maximum Gasteiger partial charge on any atom is 0.416 e. The van der Waals surface area contributed by atoms with Gasteiger partial charge in [-0.1, -0.05) is 30.4 Å². The Kier molecular flexibility index (Phi) is 7.92. The van der Waals surface area contributed by atoms with Gasteiger partial charge >= 0.3 is 6.18 Å². The zero-order chi connectivity index (χ0) is 27.3. The molecule has 0 radical (unpaired) electrons. The molecule has 196 valence electrons. The van der Waals surface area contributed by atoms with Gasteiger partial charge in [0.25, 0.3) is 5.91 Å². The number of hydrogen-bond donors (Lipinski definition) is 3. The molecule has 2 amide bonds. The molecule has 4 rings (SSSR count). The van der Waals surface area contributed by atoms with Gasteiger partial charge in [-0.05, 0) is 48.4 Å². The zero-order valence-electron chi connectivity index (χ0n) is 20.3. The van der Waals surface area contributed by atoms with Crippen LogP contribution in [0.4, 0.5) is 24.5 Å². The second-order valence-electron chi connectivity index (χ2n) is 8.36. The number of benzene rings is 2. The van der Waals surface area contributed by atoms with Crippen molar-refractivity contribution in [2.45, 2.75) is 25.6 Å². The summed E-state index contributed by atoms with van der Waals surface area (Å²) >= 11 is 0. The number of alkyl halides is 3. The summed E-state index contributed by atoms with van der Waals surface area (Å²) < 4.78 is 44.5. The first-order valence-electron chi connectivity index (χ1n) is 11.7. The van der Waals surface area contributed by atoms with Crippen molar-refractivity contribution in [2.24, 2.45) is 0 Å². The molecule has 1 aliphatic rings. The van der Waals surface area contributed by atoms with Crippen LogP contribution in [0.2, 0.25) is 0 Å². The summed E-state index contributed by atoms with van der Waals surface area (Å²) in [5, 5.41) is 15.2. The van der Waals surface area contributed by atoms with Crippen molar-refractivity contribution < 1.29 is 32.6 Å². The quantitative estimate of drug-likeness (QED) is 0.300. The number of carbonyl (C=O) groups is 2. The standard InChI is InChI=1S/C28H24F3N3O4/c1-2-38-26-14-11-18(16-32-26)20(17-9-12-19(13-10-17)28(29,30)31)5-3-8-25(36)33-22-6-4-7-23-21(22)15-24(35)27(37)34-23/h3-14,16,24,35H,2,15H2,1H3,(H,33,36)(H,34,37)/b8-3+,20-5+. The number of amides is 2. The van der Waals surface area contributed by atoms with Crippen LogP contribution in [0.25, 0.3) is 5.57 Å². The Hall–Kier alpha value is -4.44. The molecule has 1 unspecified atom stereocenters. The molecule has 0 saturated heterocycles. The van der Waals surface area contributed by atoms with E-state index in [0.717, 1.165) is 12.1 Å². The Morgan fingerprint density at radius 3 is 2.55 bits per heavy atom. The van der Waals surface area contributed by atoms with E-state index in [1.165, 1.54) is 30.5 Å². The highest BCUT2D eigenvalue weighted by molar-refractivity contribution is 6.03. The van der Waals surface area contributed by atoms with E-state index in [-0.39, 0.29) is 6.42 Å². The fourth-order valence-electron chi connectivity index (χ4n) is 3.92. The van der Waals surface area contributed by atoms with Gasteiger partial charge < -0.3 is 20.5 Å². The van der Waals surface area contributed by atoms with E-state index in [4.69, 9.17) is 4.74 Å². The average Bonchev–Trinajstić information content (AvgIpc) is 2.88. The molecule has 0 saturated carbocycles. The Balaban J connectivity index is 1.59. The van der Waals surface area contributed by atoms with E-state index < -0.39 is 29.7 Å². The number of aromatic nitrogens is 1. The summed E-state index contributed by atoms with van der Waals surface area (Å²) in [5.74, 6) is -0.575. The number of pyridine rings is 1. The number of allylic oxidation sites excluding steroid dienone is 2. The Morgan fingerprint density at radius 2 is 1.89 bits per heavy atom. The zero-order valence-corrected chi connectivity index (χ0v) is 20.3. The molecular weight excluding hydrogens is 499 g/mol. The van der Waals surface area contributed by atoms with Gasteiger partial charge in [0.2, 0.25) is 11.8 Å². The van der Waals surface area contributed by atoms with E-state index >= 15 is 0 Å². The SMILES string of the molecule is CCOc1ccc(/C(=C/C=C/C(=O)Nc2cccc3c2CC(O)C(=O)N3)c2ccc(C(F)(F)F)cc2)cn1. The summed E-state index contributed by atoms with van der Waals surface area (Å²) in [7, 11) is 0. The molecule has 2 heterocycles. The number of carbonyl (C=O) groups excluding carboxylic acids is 2. The average molecular weight is 524 g/mol. The van der Waals surface area contributed by atoms with Gasteiger partial charge in [-0.2, -0.15) is 13.2 Å². The number of nitrogens with one attached hydrogen (secondary N) is 2. The molecule has 1 atom stereocenters. The fraction of sp³-hybridized carbons (Fsp3) is 0.179. The van der Waals surface area contributed by atoms with E-state index in [1.54, 1.807) is 36.4 Å². The molecule has 1 aromatic heterocycles. The molecule has 10 heteroatoms. The van der Waals surface area contributed by atoms with E-state index in [0.29, 0.717) is 46.1 Å². The molecule has 2 aromatic carbocycles. The highest BCUT2D eigenvalue weighted by atomic mass is 19.4. The van der Waals surface area contributed by atoms with Crippen molar-refractivity contribution in [2.75, 3.05) is 17.2 Å². The van der Waals surface area contributed by atoms with Gasteiger partial charge in [0.05, 0.1) is 12.2 Å². The second kappa shape index (κ2) is 11.3. The van der Waals surface area contributed by atoms with Crippen LogP contribution < -0.4 is 15.4 Å². The summed E-state index contributed by atoms with van der Waals surface area (Å²) in [6.07, 6.45) is 0.268. The molecule has 0 aliphatic carbocycles.